The second kappa shape index (κ2) is 11.0. The first-order chi connectivity index (χ1) is 16.3. The summed E-state index contributed by atoms with van der Waals surface area (Å²) < 4.78 is 11.4. The summed E-state index contributed by atoms with van der Waals surface area (Å²) in [6, 6.07) is 8.07. The van der Waals surface area contributed by atoms with Gasteiger partial charge in [-0.05, 0) is 95.1 Å². The van der Waals surface area contributed by atoms with E-state index in [1.807, 2.05) is 30.3 Å². The molecule has 0 N–H and O–H groups in total. The van der Waals surface area contributed by atoms with Crippen molar-refractivity contribution in [3.05, 3.63) is 42.0 Å². The fraction of sp³-hybridized carbons (Fsp3) is 0.700. The number of hydroxylamine groups is 2. The van der Waals surface area contributed by atoms with Crippen molar-refractivity contribution in [1.82, 2.24) is 5.06 Å². The largest absolute Gasteiger partial charge is 0.508 e. The van der Waals surface area contributed by atoms with Crippen LogP contribution in [0.15, 0.2) is 30.8 Å². The Morgan fingerprint density at radius 3 is 2.14 bits per heavy atom. The molecular weight excluding hydrogens is 438 g/mol. The maximum absolute atomic E-state index is 12.6. The van der Waals surface area contributed by atoms with Gasteiger partial charge in [0.05, 0.1) is 0 Å². The number of ether oxygens (including phenoxy) is 2. The van der Waals surface area contributed by atoms with Gasteiger partial charge in [-0.1, -0.05) is 57.7 Å². The topological polar surface area (TPSA) is 48.0 Å². The van der Waals surface area contributed by atoms with Crippen molar-refractivity contribution in [3.8, 4) is 0 Å². The molecule has 2 aliphatic rings. The quantitative estimate of drug-likeness (QED) is 0.365. The Morgan fingerprint density at radius 2 is 1.63 bits per heavy atom. The number of hydrogen-bond donors (Lipinski definition) is 0. The van der Waals surface area contributed by atoms with E-state index in [-0.39, 0.29) is 23.8 Å². The molecule has 1 heterocycles. The smallest absolute Gasteiger partial charge is 0.431 e. The molecule has 0 radical (unpaired) electrons. The van der Waals surface area contributed by atoms with Gasteiger partial charge >= 0.3 is 6.16 Å². The van der Waals surface area contributed by atoms with E-state index < -0.39 is 12.3 Å². The van der Waals surface area contributed by atoms with E-state index in [4.69, 9.17) is 14.3 Å². The number of carbonyl (C=O) groups is 1. The van der Waals surface area contributed by atoms with Crippen LogP contribution >= 0.6 is 0 Å². The van der Waals surface area contributed by atoms with E-state index in [1.54, 1.807) is 0 Å². The summed E-state index contributed by atoms with van der Waals surface area (Å²) in [5.41, 5.74) is 2.07. The van der Waals surface area contributed by atoms with Gasteiger partial charge in [0.15, 0.2) is 0 Å². The number of hydrogen-bond acceptors (Lipinski definition) is 5. The minimum Gasteiger partial charge on any atom is -0.431 e. The third-order valence-corrected chi connectivity index (χ3v) is 7.97. The van der Waals surface area contributed by atoms with Gasteiger partial charge in [-0.15, -0.1) is 0 Å². The highest BCUT2D eigenvalue weighted by molar-refractivity contribution is 5.60. The fourth-order valence-electron chi connectivity index (χ4n) is 5.78. The minimum atomic E-state index is -0.599. The maximum atomic E-state index is 12.6. The van der Waals surface area contributed by atoms with Crippen molar-refractivity contribution in [1.29, 1.82) is 0 Å². The molecule has 1 aromatic carbocycles. The SMILES string of the molecule is C=Cc1ccc(C(COC(=O)OC2CCC(C(C)(C)C)CC2)ON2C(C)(C)CCCC2(C)C)cc1. The van der Waals surface area contributed by atoms with Crippen LogP contribution in [0.5, 0.6) is 0 Å². The first-order valence-corrected chi connectivity index (χ1v) is 13.3. The molecule has 5 heteroatoms. The van der Waals surface area contributed by atoms with Gasteiger partial charge in [-0.2, -0.15) is 5.06 Å². The van der Waals surface area contributed by atoms with Gasteiger partial charge < -0.3 is 9.47 Å². The second-order valence-corrected chi connectivity index (χ2v) is 12.8. The van der Waals surface area contributed by atoms with Crippen LogP contribution in [0.1, 0.15) is 111 Å². The summed E-state index contributed by atoms with van der Waals surface area (Å²) in [6.07, 6.45) is 7.98. The molecule has 5 nitrogen and oxygen atoms in total. The lowest BCUT2D eigenvalue weighted by atomic mass is 9.72. The monoisotopic (exact) mass is 485 g/mol. The number of piperidine rings is 1. The van der Waals surface area contributed by atoms with E-state index in [0.29, 0.717) is 11.3 Å². The normalized spacial score (nSPS) is 25.5. The van der Waals surface area contributed by atoms with Crippen LogP contribution in [-0.2, 0) is 14.3 Å². The third kappa shape index (κ3) is 7.33. The summed E-state index contributed by atoms with van der Waals surface area (Å²) in [7, 11) is 0. The van der Waals surface area contributed by atoms with Gasteiger partial charge in [-0.25, -0.2) is 4.79 Å². The average Bonchev–Trinajstić information content (AvgIpc) is 2.77. The van der Waals surface area contributed by atoms with Crippen LogP contribution in [0.4, 0.5) is 4.79 Å². The lowest BCUT2D eigenvalue weighted by Crippen LogP contribution is -2.58. The molecule has 0 spiro atoms. The predicted octanol–water partition coefficient (Wildman–Crippen LogP) is 8.10. The molecule has 2 fully saturated rings. The number of nitrogens with zero attached hydrogens (tertiary/aromatic N) is 1. The molecule has 1 saturated heterocycles. The molecule has 1 aliphatic heterocycles. The molecule has 1 unspecified atom stereocenters. The van der Waals surface area contributed by atoms with Gasteiger partial charge in [0.25, 0.3) is 0 Å². The third-order valence-electron chi connectivity index (χ3n) is 7.97. The number of rotatable bonds is 7. The first kappa shape index (κ1) is 27.7. The van der Waals surface area contributed by atoms with Crippen molar-refractivity contribution >= 4 is 12.2 Å². The van der Waals surface area contributed by atoms with Crippen LogP contribution in [0, 0.1) is 11.3 Å². The van der Waals surface area contributed by atoms with Crippen LogP contribution in [-0.4, -0.2) is 35.0 Å². The Balaban J connectivity index is 1.66. The molecular formula is C30H47NO4. The van der Waals surface area contributed by atoms with E-state index >= 15 is 0 Å². The average molecular weight is 486 g/mol. The van der Waals surface area contributed by atoms with Gasteiger partial charge in [0.1, 0.15) is 18.8 Å². The highest BCUT2D eigenvalue weighted by atomic mass is 16.7. The molecule has 3 rings (SSSR count). The fourth-order valence-corrected chi connectivity index (χ4v) is 5.78. The number of benzene rings is 1. The first-order valence-electron chi connectivity index (χ1n) is 13.3. The van der Waals surface area contributed by atoms with E-state index in [1.165, 1.54) is 6.42 Å². The molecule has 0 aromatic heterocycles. The zero-order valence-corrected chi connectivity index (χ0v) is 23.1. The Kier molecular flexibility index (Phi) is 8.75. The molecule has 1 aliphatic carbocycles. The van der Waals surface area contributed by atoms with Crippen LogP contribution < -0.4 is 0 Å². The Morgan fingerprint density at radius 1 is 1.06 bits per heavy atom. The van der Waals surface area contributed by atoms with E-state index in [2.05, 4.69) is 60.1 Å². The molecule has 1 atom stereocenters. The highest BCUT2D eigenvalue weighted by Gasteiger charge is 2.44. The Bertz CT molecular complexity index is 828. The van der Waals surface area contributed by atoms with Crippen molar-refractivity contribution in [2.75, 3.05) is 6.61 Å². The summed E-state index contributed by atoms with van der Waals surface area (Å²) in [5.74, 6) is 0.672. The predicted molar refractivity (Wildman–Crippen MR) is 142 cm³/mol. The summed E-state index contributed by atoms with van der Waals surface area (Å²) in [6.45, 7) is 19.7. The van der Waals surface area contributed by atoms with Gasteiger partial charge in [-0.3, -0.25) is 4.84 Å². The lowest BCUT2D eigenvalue weighted by molar-refractivity contribution is -0.311. The Hall–Kier alpha value is -1.85. The Labute approximate surface area is 213 Å². The standard InChI is InChI=1S/C30H47NO4/c1-9-22-11-13-23(14-12-22)26(35-31-29(5,6)19-10-20-30(31,7)8)21-33-27(32)34-25-17-15-24(16-18-25)28(2,3)4/h9,11-14,24-26H,1,10,15-21H2,2-8H3. The van der Waals surface area contributed by atoms with Gasteiger partial charge in [0, 0.05) is 11.1 Å². The van der Waals surface area contributed by atoms with E-state index in [0.717, 1.165) is 49.7 Å². The molecule has 1 saturated carbocycles. The van der Waals surface area contributed by atoms with Gasteiger partial charge in [0.2, 0.25) is 0 Å². The second-order valence-electron chi connectivity index (χ2n) is 12.8. The number of carbonyl (C=O) groups excluding carboxylic acids is 1. The van der Waals surface area contributed by atoms with Crippen LogP contribution in [0.25, 0.3) is 6.08 Å². The van der Waals surface area contributed by atoms with Crippen LogP contribution in [0.2, 0.25) is 0 Å². The molecule has 196 valence electrons. The molecule has 1 aromatic rings. The minimum absolute atomic E-state index is 0.0627. The lowest BCUT2D eigenvalue weighted by Gasteiger charge is -2.52. The zero-order valence-electron chi connectivity index (χ0n) is 23.1. The summed E-state index contributed by atoms with van der Waals surface area (Å²) in [4.78, 5) is 19.3. The van der Waals surface area contributed by atoms with Crippen molar-refractivity contribution in [3.63, 3.8) is 0 Å². The highest BCUT2D eigenvalue weighted by Crippen LogP contribution is 2.41. The zero-order chi connectivity index (χ0) is 25.9. The van der Waals surface area contributed by atoms with Crippen molar-refractivity contribution in [2.24, 2.45) is 11.3 Å². The van der Waals surface area contributed by atoms with E-state index in [9.17, 15) is 4.79 Å². The molecule has 35 heavy (non-hydrogen) atoms. The molecule has 0 bridgehead atoms. The summed E-state index contributed by atoms with van der Waals surface area (Å²) in [5, 5.41) is 2.12. The summed E-state index contributed by atoms with van der Waals surface area (Å²) >= 11 is 0. The van der Waals surface area contributed by atoms with Crippen molar-refractivity contribution in [2.45, 2.75) is 117 Å². The van der Waals surface area contributed by atoms with Crippen molar-refractivity contribution < 1.29 is 19.1 Å². The maximum Gasteiger partial charge on any atom is 0.508 e. The molecule has 0 amide bonds. The van der Waals surface area contributed by atoms with Crippen LogP contribution in [0.3, 0.4) is 0 Å².